The molecular weight excluding hydrogens is 314 g/mol. The van der Waals surface area contributed by atoms with Crippen molar-refractivity contribution in [3.05, 3.63) is 41.7 Å². The lowest BCUT2D eigenvalue weighted by Gasteiger charge is -2.41. The van der Waals surface area contributed by atoms with Gasteiger partial charge in [-0.1, -0.05) is 17.7 Å². The lowest BCUT2D eigenvalue weighted by molar-refractivity contribution is 0.546. The van der Waals surface area contributed by atoms with Crippen molar-refractivity contribution in [2.24, 2.45) is 0 Å². The Balaban J connectivity index is 1.59. The fourth-order valence-electron chi connectivity index (χ4n) is 3.05. The largest absolute Gasteiger partial charge is 0.368 e. The average molecular weight is 330 g/mol. The first kappa shape index (κ1) is 14.2. The fraction of sp³-hybridized carbons (Fsp3) is 0.333. The summed E-state index contributed by atoms with van der Waals surface area (Å²) in [4.78, 5) is 9.09. The molecule has 3 heterocycles. The Kier molecular flexibility index (Phi) is 3.49. The first-order chi connectivity index (χ1) is 11.2. The Bertz CT molecular complexity index is 833. The van der Waals surface area contributed by atoms with Gasteiger partial charge in [0.25, 0.3) is 0 Å². The van der Waals surface area contributed by atoms with E-state index >= 15 is 0 Å². The van der Waals surface area contributed by atoms with Gasteiger partial charge < -0.3 is 9.80 Å². The molecule has 0 amide bonds. The van der Waals surface area contributed by atoms with Gasteiger partial charge in [0.15, 0.2) is 5.82 Å². The number of tetrazole rings is 1. The third-order valence-electron chi connectivity index (χ3n) is 4.17. The quantitative estimate of drug-likeness (QED) is 0.715. The molecule has 0 saturated carbocycles. The van der Waals surface area contributed by atoms with E-state index in [0.717, 1.165) is 36.2 Å². The number of hydrogen-bond acceptors (Lipinski definition) is 6. The normalized spacial score (nSPS) is 18.6. The lowest BCUT2D eigenvalue weighted by Crippen LogP contribution is -2.52. The van der Waals surface area contributed by atoms with E-state index in [1.807, 2.05) is 18.2 Å². The molecule has 4 rings (SSSR count). The summed E-state index contributed by atoms with van der Waals surface area (Å²) in [5, 5.41) is 12.5. The highest BCUT2D eigenvalue weighted by molar-refractivity contribution is 6.30. The number of halogens is 1. The Morgan fingerprint density at radius 2 is 2.17 bits per heavy atom. The highest BCUT2D eigenvalue weighted by Gasteiger charge is 2.27. The number of anilines is 2. The zero-order chi connectivity index (χ0) is 15.8. The van der Waals surface area contributed by atoms with Crippen molar-refractivity contribution in [3.8, 4) is 0 Å². The summed E-state index contributed by atoms with van der Waals surface area (Å²) in [6, 6.07) is 8.27. The van der Waals surface area contributed by atoms with Gasteiger partial charge in [-0.25, -0.2) is 4.98 Å². The zero-order valence-corrected chi connectivity index (χ0v) is 13.4. The number of nitrogens with zero attached hydrogens (tertiary/aromatic N) is 7. The molecule has 1 fully saturated rings. The van der Waals surface area contributed by atoms with Gasteiger partial charge in [0.2, 0.25) is 5.65 Å². The average Bonchev–Trinajstić information content (AvgIpc) is 3.03. The van der Waals surface area contributed by atoms with Gasteiger partial charge in [-0.15, -0.1) is 5.10 Å². The molecule has 2 aromatic heterocycles. The highest BCUT2D eigenvalue weighted by atomic mass is 35.5. The van der Waals surface area contributed by atoms with E-state index in [4.69, 9.17) is 11.6 Å². The third kappa shape index (κ3) is 2.57. The smallest absolute Gasteiger partial charge is 0.222 e. The van der Waals surface area contributed by atoms with E-state index < -0.39 is 0 Å². The van der Waals surface area contributed by atoms with Gasteiger partial charge in [-0.3, -0.25) is 0 Å². The fourth-order valence-corrected chi connectivity index (χ4v) is 3.23. The predicted octanol–water partition coefficient (Wildman–Crippen LogP) is 1.89. The monoisotopic (exact) mass is 329 g/mol. The van der Waals surface area contributed by atoms with Gasteiger partial charge in [-0.05, 0) is 35.5 Å². The van der Waals surface area contributed by atoms with Gasteiger partial charge in [-0.2, -0.15) is 4.52 Å². The van der Waals surface area contributed by atoms with Crippen molar-refractivity contribution in [1.82, 2.24) is 25.0 Å². The number of benzene rings is 1. The number of fused-ring (bicyclic) bond motifs is 1. The van der Waals surface area contributed by atoms with Crippen molar-refractivity contribution in [3.63, 3.8) is 0 Å². The summed E-state index contributed by atoms with van der Waals surface area (Å²) >= 11 is 6.11. The molecule has 3 aromatic rings. The van der Waals surface area contributed by atoms with Crippen LogP contribution < -0.4 is 9.80 Å². The van der Waals surface area contributed by atoms with Crippen LogP contribution in [-0.4, -0.2) is 50.7 Å². The summed E-state index contributed by atoms with van der Waals surface area (Å²) in [5.74, 6) is 0.829. The van der Waals surface area contributed by atoms with Crippen molar-refractivity contribution in [2.75, 3.05) is 29.4 Å². The molecule has 0 radical (unpaired) electrons. The van der Waals surface area contributed by atoms with Gasteiger partial charge in [0.1, 0.15) is 0 Å². The summed E-state index contributed by atoms with van der Waals surface area (Å²) in [6.07, 6.45) is 3.49. The lowest BCUT2D eigenvalue weighted by atomic mass is 10.1. The SMILES string of the molecule is CC1CN(c2cccc(Cl)c2)CCN1c1nccn2nnnc12. The first-order valence-corrected chi connectivity index (χ1v) is 7.90. The van der Waals surface area contributed by atoms with Crippen LogP contribution in [-0.2, 0) is 0 Å². The second kappa shape index (κ2) is 5.66. The Morgan fingerprint density at radius 1 is 1.26 bits per heavy atom. The minimum Gasteiger partial charge on any atom is -0.368 e. The summed E-state index contributed by atoms with van der Waals surface area (Å²) in [5.41, 5.74) is 1.84. The van der Waals surface area contributed by atoms with E-state index in [2.05, 4.69) is 43.3 Å². The second-order valence-corrected chi connectivity index (χ2v) is 6.10. The second-order valence-electron chi connectivity index (χ2n) is 5.67. The molecule has 1 unspecified atom stereocenters. The first-order valence-electron chi connectivity index (χ1n) is 7.52. The van der Waals surface area contributed by atoms with Crippen LogP contribution in [0.25, 0.3) is 5.65 Å². The van der Waals surface area contributed by atoms with Crippen LogP contribution in [0.3, 0.4) is 0 Å². The maximum Gasteiger partial charge on any atom is 0.222 e. The van der Waals surface area contributed by atoms with E-state index in [9.17, 15) is 0 Å². The number of piperazine rings is 1. The predicted molar refractivity (Wildman–Crippen MR) is 89.1 cm³/mol. The molecule has 0 N–H and O–H groups in total. The van der Waals surface area contributed by atoms with Crippen molar-refractivity contribution < 1.29 is 0 Å². The molecular formula is C15H16ClN7. The zero-order valence-electron chi connectivity index (χ0n) is 12.7. The van der Waals surface area contributed by atoms with Crippen LogP contribution in [0.5, 0.6) is 0 Å². The van der Waals surface area contributed by atoms with Crippen molar-refractivity contribution >= 4 is 28.8 Å². The topological polar surface area (TPSA) is 62.5 Å². The molecule has 7 nitrogen and oxygen atoms in total. The van der Waals surface area contributed by atoms with Crippen LogP contribution in [0, 0.1) is 0 Å². The van der Waals surface area contributed by atoms with Gasteiger partial charge in [0.05, 0.1) is 6.20 Å². The van der Waals surface area contributed by atoms with Crippen molar-refractivity contribution in [2.45, 2.75) is 13.0 Å². The molecule has 1 aliphatic heterocycles. The van der Waals surface area contributed by atoms with Crippen LogP contribution in [0.4, 0.5) is 11.5 Å². The summed E-state index contributed by atoms with van der Waals surface area (Å²) in [7, 11) is 0. The molecule has 1 aromatic carbocycles. The van der Waals surface area contributed by atoms with Crippen LogP contribution in [0.15, 0.2) is 36.7 Å². The minimum atomic E-state index is 0.290. The van der Waals surface area contributed by atoms with Gasteiger partial charge in [0, 0.05) is 42.6 Å². The minimum absolute atomic E-state index is 0.290. The van der Waals surface area contributed by atoms with Crippen LogP contribution >= 0.6 is 11.6 Å². The van der Waals surface area contributed by atoms with Crippen molar-refractivity contribution in [1.29, 1.82) is 0 Å². The Morgan fingerprint density at radius 3 is 3.00 bits per heavy atom. The van der Waals surface area contributed by atoms with E-state index in [0.29, 0.717) is 5.65 Å². The molecule has 1 saturated heterocycles. The highest BCUT2D eigenvalue weighted by Crippen LogP contribution is 2.26. The van der Waals surface area contributed by atoms with E-state index in [1.54, 1.807) is 16.9 Å². The van der Waals surface area contributed by atoms with Gasteiger partial charge >= 0.3 is 0 Å². The molecule has 0 aliphatic carbocycles. The third-order valence-corrected chi connectivity index (χ3v) is 4.41. The summed E-state index contributed by atoms with van der Waals surface area (Å²) < 4.78 is 1.65. The standard InChI is InChI=1S/C15H16ClN7/c1-11-10-21(13-4-2-3-12(16)9-13)7-8-22(11)14-15-18-19-20-23(15)6-5-17-14/h2-6,9,11H,7-8,10H2,1H3. The number of rotatable bonds is 2. The van der Waals surface area contributed by atoms with E-state index in [1.165, 1.54) is 0 Å². The Labute approximate surface area is 138 Å². The number of aromatic nitrogens is 5. The maximum atomic E-state index is 6.11. The number of hydrogen-bond donors (Lipinski definition) is 0. The molecule has 1 aliphatic rings. The maximum absolute atomic E-state index is 6.11. The van der Waals surface area contributed by atoms with Crippen LogP contribution in [0.1, 0.15) is 6.92 Å². The molecule has 8 heteroatoms. The van der Waals surface area contributed by atoms with Crippen LogP contribution in [0.2, 0.25) is 5.02 Å². The molecule has 0 bridgehead atoms. The molecule has 118 valence electrons. The molecule has 1 atom stereocenters. The molecule has 0 spiro atoms. The summed E-state index contributed by atoms with van der Waals surface area (Å²) in [6.45, 7) is 4.83. The van der Waals surface area contributed by atoms with E-state index in [-0.39, 0.29) is 6.04 Å². The Hall–Kier alpha value is -2.41. The molecule has 23 heavy (non-hydrogen) atoms.